The quantitative estimate of drug-likeness (QED) is 0.771. The molecular formula is C15H26N2O3S. The van der Waals surface area contributed by atoms with E-state index < -0.39 is 10.0 Å². The highest BCUT2D eigenvalue weighted by atomic mass is 32.2. The molecule has 0 amide bonds. The molecule has 0 aliphatic carbocycles. The Hall–Kier alpha value is -1.11. The molecular weight excluding hydrogens is 288 g/mol. The van der Waals surface area contributed by atoms with Crippen LogP contribution in [0.4, 0.5) is 0 Å². The fourth-order valence-electron chi connectivity index (χ4n) is 1.76. The molecule has 120 valence electrons. The minimum atomic E-state index is -3.58. The molecule has 0 aromatic heterocycles. The Bertz CT molecular complexity index is 556. The number of hydrogen-bond donors (Lipinski definition) is 2. The molecule has 0 saturated carbocycles. The average molecular weight is 314 g/mol. The molecule has 0 spiro atoms. The summed E-state index contributed by atoms with van der Waals surface area (Å²) in [4.78, 5) is 0.178. The number of benzene rings is 1. The lowest BCUT2D eigenvalue weighted by atomic mass is 10.1. The van der Waals surface area contributed by atoms with Crippen molar-refractivity contribution >= 4 is 10.0 Å². The van der Waals surface area contributed by atoms with Gasteiger partial charge in [-0.2, -0.15) is 0 Å². The first-order valence-corrected chi connectivity index (χ1v) is 8.70. The Morgan fingerprint density at radius 3 is 2.43 bits per heavy atom. The molecule has 2 N–H and O–H groups in total. The van der Waals surface area contributed by atoms with E-state index in [0.717, 1.165) is 12.1 Å². The summed E-state index contributed by atoms with van der Waals surface area (Å²) in [6, 6.07) is 5.03. The predicted molar refractivity (Wildman–Crippen MR) is 85.0 cm³/mol. The van der Waals surface area contributed by atoms with Gasteiger partial charge >= 0.3 is 0 Å². The van der Waals surface area contributed by atoms with Crippen LogP contribution in [0, 0.1) is 5.92 Å². The lowest BCUT2D eigenvalue weighted by Gasteiger charge is -2.19. The first-order chi connectivity index (χ1) is 9.81. The van der Waals surface area contributed by atoms with Crippen LogP contribution in [-0.2, 0) is 16.6 Å². The predicted octanol–water partition coefficient (Wildman–Crippen LogP) is 2.13. The van der Waals surface area contributed by atoms with E-state index in [4.69, 9.17) is 4.74 Å². The molecule has 0 bridgehead atoms. The molecule has 1 rings (SSSR count). The smallest absolute Gasteiger partial charge is 0.244 e. The summed E-state index contributed by atoms with van der Waals surface area (Å²) >= 11 is 0. The maximum atomic E-state index is 12.4. The molecule has 0 radical (unpaired) electrons. The molecule has 0 heterocycles. The second kappa shape index (κ2) is 7.77. The molecule has 0 aliphatic heterocycles. The van der Waals surface area contributed by atoms with Crippen molar-refractivity contribution in [2.75, 3.05) is 13.7 Å². The number of hydrogen-bond acceptors (Lipinski definition) is 4. The fourth-order valence-corrected chi connectivity index (χ4v) is 3.30. The average Bonchev–Trinajstić information content (AvgIpc) is 2.43. The third kappa shape index (κ3) is 4.98. The van der Waals surface area contributed by atoms with Crippen LogP contribution in [0.2, 0.25) is 0 Å². The normalized spacial score (nSPS) is 13.4. The zero-order valence-electron chi connectivity index (χ0n) is 13.4. The van der Waals surface area contributed by atoms with Gasteiger partial charge in [-0.1, -0.05) is 26.8 Å². The number of ether oxygens (including phenoxy) is 1. The Balaban J connectivity index is 3.06. The van der Waals surface area contributed by atoms with E-state index in [1.807, 2.05) is 27.7 Å². The highest BCUT2D eigenvalue weighted by Gasteiger charge is 2.23. The van der Waals surface area contributed by atoms with Gasteiger partial charge in [0.25, 0.3) is 0 Å². The maximum Gasteiger partial charge on any atom is 0.244 e. The van der Waals surface area contributed by atoms with Crippen LogP contribution in [-0.4, -0.2) is 28.1 Å². The molecule has 1 atom stereocenters. The van der Waals surface area contributed by atoms with E-state index in [2.05, 4.69) is 10.0 Å². The van der Waals surface area contributed by atoms with Gasteiger partial charge in [0.05, 0.1) is 7.11 Å². The van der Waals surface area contributed by atoms with Gasteiger partial charge in [0.15, 0.2) is 0 Å². The van der Waals surface area contributed by atoms with Crippen molar-refractivity contribution in [1.29, 1.82) is 0 Å². The van der Waals surface area contributed by atoms with E-state index in [9.17, 15) is 8.42 Å². The minimum absolute atomic E-state index is 0.138. The lowest BCUT2D eigenvalue weighted by Crippen LogP contribution is -2.36. The van der Waals surface area contributed by atoms with Crippen molar-refractivity contribution in [2.45, 2.75) is 45.2 Å². The van der Waals surface area contributed by atoms with Crippen molar-refractivity contribution in [3.63, 3.8) is 0 Å². The third-order valence-corrected chi connectivity index (χ3v) is 5.04. The summed E-state index contributed by atoms with van der Waals surface area (Å²) in [5.74, 6) is 0.590. The van der Waals surface area contributed by atoms with E-state index in [0.29, 0.717) is 12.3 Å². The Morgan fingerprint density at radius 2 is 1.90 bits per heavy atom. The van der Waals surface area contributed by atoms with E-state index in [1.54, 1.807) is 18.2 Å². The first kappa shape index (κ1) is 17.9. The van der Waals surface area contributed by atoms with Crippen LogP contribution in [0.25, 0.3) is 0 Å². The van der Waals surface area contributed by atoms with Crippen molar-refractivity contribution < 1.29 is 13.2 Å². The van der Waals surface area contributed by atoms with Gasteiger partial charge in [-0.15, -0.1) is 0 Å². The van der Waals surface area contributed by atoms with Gasteiger partial charge < -0.3 is 10.1 Å². The molecule has 1 unspecified atom stereocenters. The summed E-state index contributed by atoms with van der Waals surface area (Å²) < 4.78 is 32.8. The van der Waals surface area contributed by atoms with Crippen LogP contribution in [0.1, 0.15) is 33.3 Å². The van der Waals surface area contributed by atoms with Gasteiger partial charge in [0.1, 0.15) is 10.6 Å². The molecule has 0 fully saturated rings. The van der Waals surface area contributed by atoms with Crippen LogP contribution in [0.5, 0.6) is 5.75 Å². The monoisotopic (exact) mass is 314 g/mol. The van der Waals surface area contributed by atoms with E-state index >= 15 is 0 Å². The number of rotatable bonds is 8. The second-order valence-corrected chi connectivity index (χ2v) is 7.10. The van der Waals surface area contributed by atoms with Gasteiger partial charge in [0.2, 0.25) is 10.0 Å². The van der Waals surface area contributed by atoms with Crippen LogP contribution >= 0.6 is 0 Å². The molecule has 0 saturated heterocycles. The summed E-state index contributed by atoms with van der Waals surface area (Å²) in [6.45, 7) is 9.37. The summed E-state index contributed by atoms with van der Waals surface area (Å²) in [5.41, 5.74) is 0.990. The van der Waals surface area contributed by atoms with Gasteiger partial charge in [-0.25, -0.2) is 13.1 Å². The largest absolute Gasteiger partial charge is 0.495 e. The second-order valence-electron chi connectivity index (χ2n) is 5.42. The first-order valence-electron chi connectivity index (χ1n) is 7.21. The molecule has 6 heteroatoms. The van der Waals surface area contributed by atoms with Gasteiger partial charge in [-0.3, -0.25) is 0 Å². The standard InChI is InChI=1S/C15H26N2O3S/c1-6-16-10-13-7-8-15(14(9-13)20-5)21(18,19)17-12(4)11(2)3/h7-9,11-12,16-17H,6,10H2,1-5H3. The van der Waals surface area contributed by atoms with E-state index in [-0.39, 0.29) is 16.9 Å². The topological polar surface area (TPSA) is 67.4 Å². The molecule has 5 nitrogen and oxygen atoms in total. The van der Waals surface area contributed by atoms with E-state index in [1.165, 1.54) is 7.11 Å². The van der Waals surface area contributed by atoms with Crippen LogP contribution in [0.3, 0.4) is 0 Å². The molecule has 1 aromatic rings. The van der Waals surface area contributed by atoms with Crippen molar-refractivity contribution in [2.24, 2.45) is 5.92 Å². The fraction of sp³-hybridized carbons (Fsp3) is 0.600. The van der Waals surface area contributed by atoms with Crippen molar-refractivity contribution in [3.8, 4) is 5.75 Å². The van der Waals surface area contributed by atoms with Gasteiger partial charge in [-0.05, 0) is 37.1 Å². The number of methoxy groups -OCH3 is 1. The molecule has 0 aliphatic rings. The van der Waals surface area contributed by atoms with Crippen molar-refractivity contribution in [3.05, 3.63) is 23.8 Å². The highest BCUT2D eigenvalue weighted by molar-refractivity contribution is 7.89. The zero-order valence-corrected chi connectivity index (χ0v) is 14.3. The minimum Gasteiger partial charge on any atom is -0.495 e. The van der Waals surface area contributed by atoms with Crippen molar-refractivity contribution in [1.82, 2.24) is 10.0 Å². The Morgan fingerprint density at radius 1 is 1.24 bits per heavy atom. The third-order valence-electron chi connectivity index (χ3n) is 3.44. The Labute approximate surface area is 128 Å². The lowest BCUT2D eigenvalue weighted by molar-refractivity contribution is 0.400. The number of sulfonamides is 1. The van der Waals surface area contributed by atoms with Gasteiger partial charge in [0, 0.05) is 12.6 Å². The summed E-state index contributed by atoms with van der Waals surface area (Å²) in [7, 11) is -2.10. The summed E-state index contributed by atoms with van der Waals surface area (Å²) in [6.07, 6.45) is 0. The highest BCUT2D eigenvalue weighted by Crippen LogP contribution is 2.25. The van der Waals surface area contributed by atoms with Crippen LogP contribution < -0.4 is 14.8 Å². The zero-order chi connectivity index (χ0) is 16.0. The molecule has 1 aromatic carbocycles. The van der Waals surface area contributed by atoms with Crippen LogP contribution in [0.15, 0.2) is 23.1 Å². The maximum absolute atomic E-state index is 12.4. The SMILES string of the molecule is CCNCc1ccc(S(=O)(=O)NC(C)C(C)C)c(OC)c1. The Kier molecular flexibility index (Phi) is 6.64. The summed E-state index contributed by atoms with van der Waals surface area (Å²) in [5, 5.41) is 3.20. The molecule has 21 heavy (non-hydrogen) atoms. The number of nitrogens with one attached hydrogen (secondary N) is 2.